The molecule has 0 aromatic carbocycles. The zero-order valence-corrected chi connectivity index (χ0v) is 7.94. The van der Waals surface area contributed by atoms with Crippen molar-refractivity contribution in [1.82, 2.24) is 0 Å². The molecule has 2 nitrogen and oxygen atoms in total. The van der Waals surface area contributed by atoms with Crippen molar-refractivity contribution in [2.45, 2.75) is 40.0 Å². The average molecular weight is 150 g/mol. The quantitative estimate of drug-likeness (QED) is 0.433. The van der Waals surface area contributed by atoms with Gasteiger partial charge in [-0.1, -0.05) is 33.6 Å². The maximum Gasteiger partial charge on any atom is 1.00 e. The van der Waals surface area contributed by atoms with Crippen molar-refractivity contribution < 1.29 is 28.8 Å². The first-order valence-corrected chi connectivity index (χ1v) is 3.72. The minimum Gasteiger partial charge on any atom is -0.550 e. The summed E-state index contributed by atoms with van der Waals surface area (Å²) in [5, 5.41) is 10.4. The summed E-state index contributed by atoms with van der Waals surface area (Å²) in [7, 11) is 0. The molecule has 0 atom stereocenters. The van der Waals surface area contributed by atoms with Crippen molar-refractivity contribution in [2.75, 3.05) is 0 Å². The Balaban J connectivity index is 0. The maximum atomic E-state index is 10.4. The second-order valence-electron chi connectivity index (χ2n) is 3.27. The molecule has 0 saturated heterocycles. The molecule has 0 spiro atoms. The van der Waals surface area contributed by atoms with Gasteiger partial charge in [0.1, 0.15) is 0 Å². The number of unbranched alkanes of at least 4 members (excludes halogenated alkanes) is 1. The Morgan fingerprint density at radius 2 is 1.91 bits per heavy atom. The summed E-state index contributed by atoms with van der Waals surface area (Å²) in [5.41, 5.74) is -0.643. The van der Waals surface area contributed by atoms with Crippen LogP contribution in [-0.2, 0) is 4.79 Å². The van der Waals surface area contributed by atoms with Gasteiger partial charge in [0.25, 0.3) is 0 Å². The van der Waals surface area contributed by atoms with Crippen molar-refractivity contribution in [2.24, 2.45) is 5.41 Å². The van der Waals surface area contributed by atoms with E-state index in [4.69, 9.17) is 0 Å². The van der Waals surface area contributed by atoms with Gasteiger partial charge < -0.3 is 9.90 Å². The Labute approximate surface area is 80.5 Å². The summed E-state index contributed by atoms with van der Waals surface area (Å²) < 4.78 is 0. The van der Waals surface area contributed by atoms with Gasteiger partial charge in [-0.15, -0.1) is 0 Å². The Morgan fingerprint density at radius 1 is 1.45 bits per heavy atom. The van der Waals surface area contributed by atoms with Crippen molar-refractivity contribution in [3.05, 3.63) is 0 Å². The molecule has 60 valence electrons. The zero-order chi connectivity index (χ0) is 8.20. The van der Waals surface area contributed by atoms with E-state index in [0.29, 0.717) is 6.42 Å². The molecule has 0 N–H and O–H groups in total. The van der Waals surface area contributed by atoms with E-state index in [9.17, 15) is 9.90 Å². The Bertz CT molecular complexity index is 121. The van der Waals surface area contributed by atoms with E-state index in [-0.39, 0.29) is 18.9 Å². The number of rotatable bonds is 4. The van der Waals surface area contributed by atoms with Gasteiger partial charge in [0.2, 0.25) is 0 Å². The Kier molecular flexibility index (Phi) is 7.05. The SMILES string of the molecule is CCCCC(C)(C)C(=O)[O-].[Li+]. The molecule has 0 aliphatic heterocycles. The number of carbonyl (C=O) groups excluding carboxylic acids is 1. The predicted molar refractivity (Wildman–Crippen MR) is 38.3 cm³/mol. The minimum absolute atomic E-state index is 0. The van der Waals surface area contributed by atoms with E-state index >= 15 is 0 Å². The van der Waals surface area contributed by atoms with Crippen molar-refractivity contribution in [3.8, 4) is 0 Å². The topological polar surface area (TPSA) is 40.1 Å². The molecule has 0 bridgehead atoms. The van der Waals surface area contributed by atoms with Crippen LogP contribution in [0.25, 0.3) is 0 Å². The Hall–Kier alpha value is 0.0674. The molecule has 0 radical (unpaired) electrons. The van der Waals surface area contributed by atoms with Gasteiger partial charge in [0, 0.05) is 11.4 Å². The fraction of sp³-hybridized carbons (Fsp3) is 0.875. The molecule has 0 amide bonds. The largest absolute Gasteiger partial charge is 1.00 e. The van der Waals surface area contributed by atoms with Gasteiger partial charge in [-0.3, -0.25) is 0 Å². The first kappa shape index (κ1) is 13.6. The summed E-state index contributed by atoms with van der Waals surface area (Å²) in [6, 6.07) is 0. The molecular weight excluding hydrogens is 135 g/mol. The number of carboxylic acid groups (broad SMARTS) is 1. The summed E-state index contributed by atoms with van der Waals surface area (Å²) in [4.78, 5) is 10.4. The van der Waals surface area contributed by atoms with Crippen LogP contribution >= 0.6 is 0 Å². The summed E-state index contributed by atoms with van der Waals surface area (Å²) in [5.74, 6) is -0.944. The maximum absolute atomic E-state index is 10.4. The first-order valence-electron chi connectivity index (χ1n) is 3.72. The molecule has 3 heteroatoms. The summed E-state index contributed by atoms with van der Waals surface area (Å²) in [6.07, 6.45) is 2.71. The third-order valence-electron chi connectivity index (χ3n) is 1.71. The van der Waals surface area contributed by atoms with E-state index in [0.717, 1.165) is 12.8 Å². The Morgan fingerprint density at radius 3 is 2.18 bits per heavy atom. The minimum atomic E-state index is -0.944. The van der Waals surface area contributed by atoms with Crippen LogP contribution in [0, 0.1) is 5.41 Å². The van der Waals surface area contributed by atoms with Crippen LogP contribution in [0.2, 0.25) is 0 Å². The number of aliphatic carboxylic acids is 1. The van der Waals surface area contributed by atoms with Gasteiger partial charge in [-0.25, -0.2) is 0 Å². The van der Waals surface area contributed by atoms with Gasteiger partial charge in [-0.2, -0.15) is 0 Å². The van der Waals surface area contributed by atoms with Crippen LogP contribution in [0.4, 0.5) is 0 Å². The normalized spacial score (nSPS) is 10.5. The van der Waals surface area contributed by atoms with Crippen molar-refractivity contribution in [1.29, 1.82) is 0 Å². The average Bonchev–Trinajstić information content (AvgIpc) is 1.84. The molecule has 0 saturated carbocycles. The van der Waals surface area contributed by atoms with Gasteiger partial charge in [0.15, 0.2) is 0 Å². The monoisotopic (exact) mass is 150 g/mol. The molecule has 0 aromatic heterocycles. The molecule has 11 heavy (non-hydrogen) atoms. The molecule has 0 aliphatic rings. The van der Waals surface area contributed by atoms with Gasteiger partial charge >= 0.3 is 18.9 Å². The molecular formula is C8H15LiO2. The fourth-order valence-electron chi connectivity index (χ4n) is 0.721. The summed E-state index contributed by atoms with van der Waals surface area (Å²) in [6.45, 7) is 5.46. The second-order valence-corrected chi connectivity index (χ2v) is 3.27. The van der Waals surface area contributed by atoms with Crippen molar-refractivity contribution >= 4 is 5.97 Å². The fourth-order valence-corrected chi connectivity index (χ4v) is 0.721. The van der Waals surface area contributed by atoms with Gasteiger partial charge in [0.05, 0.1) is 0 Å². The standard InChI is InChI=1S/C8H16O2.Li/c1-4-5-6-8(2,3)7(9)10;/h4-6H2,1-3H3,(H,9,10);/q;+1/p-1. The molecule has 0 unspecified atom stereocenters. The zero-order valence-electron chi connectivity index (χ0n) is 7.94. The van der Waals surface area contributed by atoms with E-state index < -0.39 is 11.4 Å². The number of hydrogen-bond donors (Lipinski definition) is 0. The van der Waals surface area contributed by atoms with E-state index in [1.807, 2.05) is 6.92 Å². The number of hydrogen-bond acceptors (Lipinski definition) is 2. The van der Waals surface area contributed by atoms with Crippen LogP contribution in [0.1, 0.15) is 40.0 Å². The van der Waals surface area contributed by atoms with Crippen LogP contribution in [-0.4, -0.2) is 5.97 Å². The third-order valence-corrected chi connectivity index (χ3v) is 1.71. The van der Waals surface area contributed by atoms with Crippen molar-refractivity contribution in [3.63, 3.8) is 0 Å². The molecule has 0 heterocycles. The summed E-state index contributed by atoms with van der Waals surface area (Å²) >= 11 is 0. The van der Waals surface area contributed by atoms with Crippen LogP contribution in [0.3, 0.4) is 0 Å². The molecule has 0 fully saturated rings. The molecule has 0 aromatic rings. The van der Waals surface area contributed by atoms with Crippen LogP contribution in [0.5, 0.6) is 0 Å². The number of carboxylic acids is 1. The smallest absolute Gasteiger partial charge is 0.550 e. The van der Waals surface area contributed by atoms with Gasteiger partial charge in [-0.05, 0) is 6.42 Å². The van der Waals surface area contributed by atoms with E-state index in [2.05, 4.69) is 0 Å². The van der Waals surface area contributed by atoms with E-state index in [1.54, 1.807) is 13.8 Å². The van der Waals surface area contributed by atoms with Crippen LogP contribution < -0.4 is 24.0 Å². The second kappa shape index (κ2) is 5.68. The predicted octanol–water partition coefficient (Wildman–Crippen LogP) is -2.04. The van der Waals surface area contributed by atoms with E-state index in [1.165, 1.54) is 0 Å². The first-order chi connectivity index (χ1) is 4.50. The molecule has 0 rings (SSSR count). The molecule has 0 aliphatic carbocycles. The van der Waals surface area contributed by atoms with Crippen LogP contribution in [0.15, 0.2) is 0 Å². The number of carbonyl (C=O) groups is 1. The third kappa shape index (κ3) is 5.35.